The third-order valence-corrected chi connectivity index (χ3v) is 4.16. The van der Waals surface area contributed by atoms with E-state index in [1.165, 1.54) is 0 Å². The molecule has 2 rings (SSSR count). The molecule has 0 saturated carbocycles. The fraction of sp³-hybridized carbons (Fsp3) is 0.846. The fourth-order valence-electron chi connectivity index (χ4n) is 2.78. The van der Waals surface area contributed by atoms with Crippen LogP contribution in [-0.2, 0) is 9.59 Å². The number of hydrogen-bond donors (Lipinski definition) is 2. The van der Waals surface area contributed by atoms with Crippen molar-refractivity contribution in [2.75, 3.05) is 52.9 Å². The van der Waals surface area contributed by atoms with Gasteiger partial charge in [0.2, 0.25) is 11.8 Å². The van der Waals surface area contributed by atoms with Crippen LogP contribution in [0.4, 0.5) is 0 Å². The molecule has 2 N–H and O–H groups in total. The first-order valence-electron chi connectivity index (χ1n) is 7.04. The lowest BCUT2D eigenvalue weighted by Crippen LogP contribution is -2.52. The van der Waals surface area contributed by atoms with Gasteiger partial charge in [0.05, 0.1) is 12.5 Å². The molecule has 0 aromatic carbocycles. The van der Waals surface area contributed by atoms with Crippen LogP contribution in [0, 0.1) is 11.8 Å². The molecular formula is C13H24N4O2. The molecule has 2 aliphatic rings. The second-order valence-corrected chi connectivity index (χ2v) is 5.52. The predicted molar refractivity (Wildman–Crippen MR) is 72.6 cm³/mol. The van der Waals surface area contributed by atoms with Gasteiger partial charge in [-0.15, -0.1) is 0 Å². The molecule has 0 aliphatic carbocycles. The second kappa shape index (κ2) is 6.34. The van der Waals surface area contributed by atoms with E-state index in [4.69, 9.17) is 0 Å². The molecule has 2 heterocycles. The molecule has 0 aromatic rings. The molecular weight excluding hydrogens is 244 g/mol. The van der Waals surface area contributed by atoms with Gasteiger partial charge in [-0.25, -0.2) is 0 Å². The van der Waals surface area contributed by atoms with Crippen molar-refractivity contribution in [3.8, 4) is 0 Å². The maximum Gasteiger partial charge on any atom is 0.233 e. The van der Waals surface area contributed by atoms with Crippen molar-refractivity contribution in [1.29, 1.82) is 0 Å². The summed E-state index contributed by atoms with van der Waals surface area (Å²) < 4.78 is 0. The number of carbonyl (C=O) groups is 2. The van der Waals surface area contributed by atoms with E-state index < -0.39 is 0 Å². The third kappa shape index (κ3) is 3.45. The normalized spacial score (nSPS) is 28.4. The summed E-state index contributed by atoms with van der Waals surface area (Å²) in [4.78, 5) is 27.7. The average Bonchev–Trinajstić information content (AvgIpc) is 2.85. The molecule has 0 spiro atoms. The fourth-order valence-corrected chi connectivity index (χ4v) is 2.78. The van der Waals surface area contributed by atoms with Crippen LogP contribution in [0.2, 0.25) is 0 Å². The molecule has 2 saturated heterocycles. The highest BCUT2D eigenvalue weighted by Crippen LogP contribution is 2.19. The van der Waals surface area contributed by atoms with Crippen LogP contribution in [0.5, 0.6) is 0 Å². The summed E-state index contributed by atoms with van der Waals surface area (Å²) in [5.74, 6) is 0.868. The Bertz CT molecular complexity index is 340. The van der Waals surface area contributed by atoms with Crippen LogP contribution >= 0.6 is 0 Å². The molecule has 108 valence electrons. The van der Waals surface area contributed by atoms with Gasteiger partial charge in [-0.1, -0.05) is 6.92 Å². The van der Waals surface area contributed by atoms with Gasteiger partial charge in [0.25, 0.3) is 0 Å². The molecule has 6 heteroatoms. The van der Waals surface area contributed by atoms with Gasteiger partial charge < -0.3 is 15.5 Å². The summed E-state index contributed by atoms with van der Waals surface area (Å²) in [7, 11) is 1.65. The van der Waals surface area contributed by atoms with Crippen LogP contribution in [0.1, 0.15) is 6.92 Å². The van der Waals surface area contributed by atoms with Crippen LogP contribution in [0.3, 0.4) is 0 Å². The number of nitrogens with zero attached hydrogens (tertiary/aromatic N) is 2. The van der Waals surface area contributed by atoms with Crippen molar-refractivity contribution >= 4 is 11.8 Å². The van der Waals surface area contributed by atoms with Crippen molar-refractivity contribution in [1.82, 2.24) is 20.4 Å². The molecule has 2 aliphatic heterocycles. The first-order chi connectivity index (χ1) is 9.11. The molecule has 0 radical (unpaired) electrons. The maximum absolute atomic E-state index is 12.4. The minimum Gasteiger partial charge on any atom is -0.358 e. The predicted octanol–water partition coefficient (Wildman–Crippen LogP) is -1.27. The molecule has 0 aromatic heterocycles. The zero-order chi connectivity index (χ0) is 13.8. The van der Waals surface area contributed by atoms with Crippen molar-refractivity contribution in [2.45, 2.75) is 6.92 Å². The Balaban J connectivity index is 1.79. The summed E-state index contributed by atoms with van der Waals surface area (Å²) in [6, 6.07) is 0. The monoisotopic (exact) mass is 268 g/mol. The number of rotatable bonds is 3. The first-order valence-corrected chi connectivity index (χ1v) is 7.04. The Morgan fingerprint density at radius 3 is 2.42 bits per heavy atom. The number of amides is 2. The smallest absolute Gasteiger partial charge is 0.233 e. The van der Waals surface area contributed by atoms with E-state index in [1.54, 1.807) is 7.05 Å². The lowest BCUT2D eigenvalue weighted by molar-refractivity contribution is -0.137. The van der Waals surface area contributed by atoms with Gasteiger partial charge in [-0.05, 0) is 12.5 Å². The number of piperazine rings is 1. The number of likely N-dealkylation sites (N-methyl/N-ethyl adjacent to an activating group) is 1. The largest absolute Gasteiger partial charge is 0.358 e. The number of carbonyl (C=O) groups excluding carboxylic acids is 2. The summed E-state index contributed by atoms with van der Waals surface area (Å²) in [5.41, 5.74) is 0. The zero-order valence-electron chi connectivity index (χ0n) is 11.8. The molecule has 2 amide bonds. The highest BCUT2D eigenvalue weighted by molar-refractivity contribution is 5.80. The van der Waals surface area contributed by atoms with E-state index in [-0.39, 0.29) is 17.7 Å². The summed E-state index contributed by atoms with van der Waals surface area (Å²) in [6.45, 7) is 7.34. The molecule has 2 atom stereocenters. The highest BCUT2D eigenvalue weighted by Gasteiger charge is 2.34. The van der Waals surface area contributed by atoms with Gasteiger partial charge in [-0.2, -0.15) is 0 Å². The minimum atomic E-state index is 0.0355. The average molecular weight is 268 g/mol. The van der Waals surface area contributed by atoms with E-state index in [9.17, 15) is 9.59 Å². The Hall–Kier alpha value is -1.14. The third-order valence-electron chi connectivity index (χ3n) is 4.16. The van der Waals surface area contributed by atoms with Crippen LogP contribution in [0.15, 0.2) is 0 Å². The standard InChI is InChI=1S/C13H24N4O2/c1-10-7-15-8-11(10)13(19)17-5-3-16(4-6-17)9-12(18)14-2/h10-11,15H,3-9H2,1-2H3,(H,14,18)/t10-,11-/m1/s1. The maximum atomic E-state index is 12.4. The summed E-state index contributed by atoms with van der Waals surface area (Å²) in [6.07, 6.45) is 0. The molecule has 2 fully saturated rings. The minimum absolute atomic E-state index is 0.0355. The Morgan fingerprint density at radius 2 is 1.89 bits per heavy atom. The van der Waals surface area contributed by atoms with E-state index in [1.807, 2.05) is 4.90 Å². The molecule has 0 unspecified atom stereocenters. The Kier molecular flexibility index (Phi) is 4.76. The van der Waals surface area contributed by atoms with Gasteiger partial charge in [0.1, 0.15) is 0 Å². The highest BCUT2D eigenvalue weighted by atomic mass is 16.2. The van der Waals surface area contributed by atoms with E-state index in [2.05, 4.69) is 22.5 Å². The Morgan fingerprint density at radius 1 is 1.21 bits per heavy atom. The second-order valence-electron chi connectivity index (χ2n) is 5.52. The van der Waals surface area contributed by atoms with Gasteiger partial charge in [0, 0.05) is 39.8 Å². The Labute approximate surface area is 114 Å². The molecule has 19 heavy (non-hydrogen) atoms. The topological polar surface area (TPSA) is 64.7 Å². The van der Waals surface area contributed by atoms with Crippen molar-refractivity contribution < 1.29 is 9.59 Å². The molecule has 0 bridgehead atoms. The van der Waals surface area contributed by atoms with Crippen molar-refractivity contribution in [2.24, 2.45) is 11.8 Å². The summed E-state index contributed by atoms with van der Waals surface area (Å²) >= 11 is 0. The number of nitrogens with one attached hydrogen (secondary N) is 2. The lowest BCUT2D eigenvalue weighted by atomic mass is 9.96. The van der Waals surface area contributed by atoms with Crippen LogP contribution in [0.25, 0.3) is 0 Å². The van der Waals surface area contributed by atoms with Gasteiger partial charge >= 0.3 is 0 Å². The lowest BCUT2D eigenvalue weighted by Gasteiger charge is -2.36. The summed E-state index contributed by atoms with van der Waals surface area (Å²) in [5, 5.41) is 5.90. The van der Waals surface area contributed by atoms with Crippen molar-refractivity contribution in [3.63, 3.8) is 0 Å². The first kappa shape index (κ1) is 14.3. The van der Waals surface area contributed by atoms with E-state index in [0.29, 0.717) is 12.5 Å². The van der Waals surface area contributed by atoms with Crippen molar-refractivity contribution in [3.05, 3.63) is 0 Å². The molecule has 6 nitrogen and oxygen atoms in total. The number of hydrogen-bond acceptors (Lipinski definition) is 4. The zero-order valence-corrected chi connectivity index (χ0v) is 11.8. The van der Waals surface area contributed by atoms with Crippen LogP contribution in [-0.4, -0.2) is 74.5 Å². The van der Waals surface area contributed by atoms with Crippen LogP contribution < -0.4 is 10.6 Å². The van der Waals surface area contributed by atoms with Gasteiger partial charge in [0.15, 0.2) is 0 Å². The van der Waals surface area contributed by atoms with E-state index in [0.717, 1.165) is 39.3 Å². The van der Waals surface area contributed by atoms with E-state index >= 15 is 0 Å². The quantitative estimate of drug-likeness (QED) is 0.670. The van der Waals surface area contributed by atoms with Gasteiger partial charge in [-0.3, -0.25) is 14.5 Å². The SMILES string of the molecule is CNC(=O)CN1CCN(C(=O)[C@@H]2CNC[C@H]2C)CC1.